The van der Waals surface area contributed by atoms with Gasteiger partial charge in [-0.3, -0.25) is 0 Å². The number of aromatic nitrogens is 2. The first kappa shape index (κ1) is 14.2. The van der Waals surface area contributed by atoms with Crippen LogP contribution in [-0.4, -0.2) is 16.5 Å². The SMILES string of the molecule is CCCNc1cc(NCc2cc(F)ccc2F)ncn1. The number of rotatable bonds is 6. The maximum absolute atomic E-state index is 13.5. The zero-order valence-corrected chi connectivity index (χ0v) is 11.2. The van der Waals surface area contributed by atoms with Gasteiger partial charge in [-0.05, 0) is 24.6 Å². The monoisotopic (exact) mass is 278 g/mol. The minimum Gasteiger partial charge on any atom is -0.370 e. The molecule has 2 aromatic rings. The summed E-state index contributed by atoms with van der Waals surface area (Å²) in [6.45, 7) is 3.03. The van der Waals surface area contributed by atoms with Crippen LogP contribution in [0.1, 0.15) is 18.9 Å². The van der Waals surface area contributed by atoms with Crippen molar-refractivity contribution >= 4 is 11.6 Å². The molecular formula is C14H16F2N4. The van der Waals surface area contributed by atoms with Crippen LogP contribution >= 0.6 is 0 Å². The number of anilines is 2. The summed E-state index contributed by atoms with van der Waals surface area (Å²) in [5.74, 6) is 0.347. The Labute approximate surface area is 116 Å². The van der Waals surface area contributed by atoms with Crippen LogP contribution in [0.3, 0.4) is 0 Å². The fourth-order valence-electron chi connectivity index (χ4n) is 1.67. The van der Waals surface area contributed by atoms with Gasteiger partial charge in [-0.15, -0.1) is 0 Å². The van der Waals surface area contributed by atoms with E-state index in [-0.39, 0.29) is 12.1 Å². The largest absolute Gasteiger partial charge is 0.370 e. The molecule has 2 N–H and O–H groups in total. The number of hydrogen-bond acceptors (Lipinski definition) is 4. The molecule has 0 bridgehead atoms. The van der Waals surface area contributed by atoms with Crippen LogP contribution < -0.4 is 10.6 Å². The van der Waals surface area contributed by atoms with Crippen molar-refractivity contribution < 1.29 is 8.78 Å². The van der Waals surface area contributed by atoms with Crippen molar-refractivity contribution in [3.8, 4) is 0 Å². The summed E-state index contributed by atoms with van der Waals surface area (Å²) < 4.78 is 26.5. The molecule has 0 radical (unpaired) electrons. The number of nitrogens with one attached hydrogen (secondary N) is 2. The summed E-state index contributed by atoms with van der Waals surface area (Å²) in [6, 6.07) is 5.10. The van der Waals surface area contributed by atoms with Gasteiger partial charge >= 0.3 is 0 Å². The van der Waals surface area contributed by atoms with Gasteiger partial charge in [0.05, 0.1) is 0 Å². The highest BCUT2D eigenvalue weighted by Gasteiger charge is 2.04. The molecule has 1 aromatic heterocycles. The van der Waals surface area contributed by atoms with E-state index in [2.05, 4.69) is 27.5 Å². The Morgan fingerprint density at radius 1 is 1.05 bits per heavy atom. The van der Waals surface area contributed by atoms with Crippen molar-refractivity contribution in [3.63, 3.8) is 0 Å². The quantitative estimate of drug-likeness (QED) is 0.852. The fraction of sp³-hybridized carbons (Fsp3) is 0.286. The minimum atomic E-state index is -0.462. The Hall–Kier alpha value is -2.24. The van der Waals surface area contributed by atoms with Crippen molar-refractivity contribution in [3.05, 3.63) is 47.8 Å². The normalized spacial score (nSPS) is 10.3. The van der Waals surface area contributed by atoms with E-state index in [9.17, 15) is 8.78 Å². The van der Waals surface area contributed by atoms with Crippen LogP contribution in [0.25, 0.3) is 0 Å². The smallest absolute Gasteiger partial charge is 0.131 e. The topological polar surface area (TPSA) is 49.8 Å². The second kappa shape index (κ2) is 6.79. The Bertz CT molecular complexity index is 575. The summed E-state index contributed by atoms with van der Waals surface area (Å²) in [5.41, 5.74) is 0.256. The van der Waals surface area contributed by atoms with Crippen LogP contribution in [0.2, 0.25) is 0 Å². The molecule has 0 saturated heterocycles. The van der Waals surface area contributed by atoms with Gasteiger partial charge in [0.15, 0.2) is 0 Å². The van der Waals surface area contributed by atoms with E-state index >= 15 is 0 Å². The maximum Gasteiger partial charge on any atom is 0.131 e. The van der Waals surface area contributed by atoms with Crippen molar-refractivity contribution in [2.45, 2.75) is 19.9 Å². The van der Waals surface area contributed by atoms with Gasteiger partial charge in [0.2, 0.25) is 0 Å². The molecule has 1 heterocycles. The van der Waals surface area contributed by atoms with Crippen molar-refractivity contribution in [2.24, 2.45) is 0 Å². The predicted octanol–water partition coefficient (Wildman–Crippen LogP) is 3.19. The Balaban J connectivity index is 2.01. The van der Waals surface area contributed by atoms with Crippen LogP contribution in [0, 0.1) is 11.6 Å². The Morgan fingerprint density at radius 2 is 1.80 bits per heavy atom. The van der Waals surface area contributed by atoms with E-state index in [1.54, 1.807) is 6.07 Å². The molecule has 0 unspecified atom stereocenters. The first-order valence-electron chi connectivity index (χ1n) is 6.42. The summed E-state index contributed by atoms with van der Waals surface area (Å²) >= 11 is 0. The third kappa shape index (κ3) is 3.88. The molecule has 4 nitrogen and oxygen atoms in total. The molecule has 0 fully saturated rings. The summed E-state index contributed by atoms with van der Waals surface area (Å²) in [6.07, 6.45) is 2.41. The maximum atomic E-state index is 13.5. The Morgan fingerprint density at radius 3 is 2.55 bits per heavy atom. The van der Waals surface area contributed by atoms with Gasteiger partial charge in [-0.1, -0.05) is 6.92 Å². The molecule has 0 saturated carbocycles. The van der Waals surface area contributed by atoms with Gasteiger partial charge in [0, 0.05) is 24.7 Å². The van der Waals surface area contributed by atoms with E-state index in [1.165, 1.54) is 12.4 Å². The van der Waals surface area contributed by atoms with Gasteiger partial charge < -0.3 is 10.6 Å². The highest BCUT2D eigenvalue weighted by molar-refractivity contribution is 5.46. The molecule has 2 rings (SSSR count). The molecule has 0 aliphatic carbocycles. The van der Waals surface area contributed by atoms with Gasteiger partial charge in [0.25, 0.3) is 0 Å². The number of benzene rings is 1. The van der Waals surface area contributed by atoms with E-state index in [0.717, 1.165) is 25.1 Å². The lowest BCUT2D eigenvalue weighted by Crippen LogP contribution is -2.06. The molecule has 1 aromatic carbocycles. The minimum absolute atomic E-state index is 0.161. The first-order chi connectivity index (χ1) is 9.69. The second-order valence-corrected chi connectivity index (χ2v) is 4.30. The van der Waals surface area contributed by atoms with E-state index in [4.69, 9.17) is 0 Å². The lowest BCUT2D eigenvalue weighted by Gasteiger charge is -2.08. The molecule has 0 aliphatic rings. The lowest BCUT2D eigenvalue weighted by atomic mass is 10.2. The van der Waals surface area contributed by atoms with Gasteiger partial charge in [-0.25, -0.2) is 18.7 Å². The standard InChI is InChI=1S/C14H16F2N4/c1-2-5-17-13-7-14(20-9-19-13)18-8-10-6-11(15)3-4-12(10)16/h3-4,6-7,9H,2,5,8H2,1H3,(H2,17,18,19,20). The fourth-order valence-corrected chi connectivity index (χ4v) is 1.67. The molecule has 0 atom stereocenters. The first-order valence-corrected chi connectivity index (χ1v) is 6.42. The summed E-state index contributed by atoms with van der Waals surface area (Å²) in [4.78, 5) is 8.10. The molecule has 0 aliphatic heterocycles. The molecular weight excluding hydrogens is 262 g/mol. The molecule has 0 spiro atoms. The van der Waals surface area contributed by atoms with Crippen molar-refractivity contribution in [1.29, 1.82) is 0 Å². The number of halogens is 2. The number of nitrogens with zero attached hydrogens (tertiary/aromatic N) is 2. The average molecular weight is 278 g/mol. The van der Waals surface area contributed by atoms with Crippen LogP contribution in [0.4, 0.5) is 20.4 Å². The molecule has 6 heteroatoms. The third-order valence-electron chi connectivity index (χ3n) is 2.69. The van der Waals surface area contributed by atoms with Crippen LogP contribution in [0.5, 0.6) is 0 Å². The average Bonchev–Trinajstić information content (AvgIpc) is 2.46. The van der Waals surface area contributed by atoms with Gasteiger partial charge in [0.1, 0.15) is 29.6 Å². The highest BCUT2D eigenvalue weighted by Crippen LogP contribution is 2.13. The summed E-state index contributed by atoms with van der Waals surface area (Å²) in [5, 5.41) is 6.08. The zero-order valence-electron chi connectivity index (χ0n) is 11.2. The molecule has 106 valence electrons. The molecule has 20 heavy (non-hydrogen) atoms. The van der Waals surface area contributed by atoms with Crippen LogP contribution in [0.15, 0.2) is 30.6 Å². The van der Waals surface area contributed by atoms with Gasteiger partial charge in [-0.2, -0.15) is 0 Å². The Kier molecular flexibility index (Phi) is 4.81. The number of hydrogen-bond donors (Lipinski definition) is 2. The van der Waals surface area contributed by atoms with Crippen molar-refractivity contribution in [2.75, 3.05) is 17.2 Å². The predicted molar refractivity (Wildman–Crippen MR) is 74.5 cm³/mol. The third-order valence-corrected chi connectivity index (χ3v) is 2.69. The highest BCUT2D eigenvalue weighted by atomic mass is 19.1. The van der Waals surface area contributed by atoms with E-state index in [1.807, 2.05) is 0 Å². The second-order valence-electron chi connectivity index (χ2n) is 4.30. The summed E-state index contributed by atoms with van der Waals surface area (Å²) in [7, 11) is 0. The van der Waals surface area contributed by atoms with Crippen molar-refractivity contribution in [1.82, 2.24) is 9.97 Å². The molecule has 0 amide bonds. The van der Waals surface area contributed by atoms with E-state index in [0.29, 0.717) is 11.6 Å². The lowest BCUT2D eigenvalue weighted by molar-refractivity contribution is 0.587. The van der Waals surface area contributed by atoms with Crippen LogP contribution in [-0.2, 0) is 6.54 Å². The van der Waals surface area contributed by atoms with E-state index < -0.39 is 11.6 Å². The zero-order chi connectivity index (χ0) is 14.4.